The van der Waals surface area contributed by atoms with Crippen LogP contribution in [0.1, 0.15) is 37.2 Å². The van der Waals surface area contributed by atoms with Gasteiger partial charge >= 0.3 is 0 Å². The van der Waals surface area contributed by atoms with Gasteiger partial charge in [-0.3, -0.25) is 4.90 Å². The first-order valence-electron chi connectivity index (χ1n) is 5.99. The van der Waals surface area contributed by atoms with Gasteiger partial charge in [-0.05, 0) is 32.0 Å². The van der Waals surface area contributed by atoms with Gasteiger partial charge in [0.2, 0.25) is 0 Å². The largest absolute Gasteiger partial charge is 0.462 e. The second kappa shape index (κ2) is 5.71. The molecule has 0 aliphatic carbocycles. The summed E-state index contributed by atoms with van der Waals surface area (Å²) in [6, 6.07) is 1.90. The smallest absolute Gasteiger partial charge is 0.136 e. The van der Waals surface area contributed by atoms with Gasteiger partial charge < -0.3 is 10.2 Å². The second-order valence-corrected chi connectivity index (χ2v) is 4.79. The zero-order chi connectivity index (χ0) is 11.4. The fourth-order valence-electron chi connectivity index (χ4n) is 2.19. The molecule has 1 fully saturated rings. The standard InChI is InChI=1S/C12H19ClN2O/c13-11-7-10(16-12(11)8-14)9-15-5-3-1-2-4-6-15/h7H,1-6,8-9,14H2. The van der Waals surface area contributed by atoms with E-state index in [0.29, 0.717) is 17.3 Å². The molecule has 1 aliphatic rings. The Kier molecular flexibility index (Phi) is 4.27. The molecule has 0 aromatic carbocycles. The Balaban J connectivity index is 1.96. The van der Waals surface area contributed by atoms with Crippen LogP contribution in [0.25, 0.3) is 0 Å². The van der Waals surface area contributed by atoms with Crippen LogP contribution in [0.4, 0.5) is 0 Å². The molecule has 0 bridgehead atoms. The van der Waals surface area contributed by atoms with Crippen LogP contribution in [-0.2, 0) is 13.1 Å². The van der Waals surface area contributed by atoms with Crippen LogP contribution in [0.15, 0.2) is 10.5 Å². The molecule has 16 heavy (non-hydrogen) atoms. The van der Waals surface area contributed by atoms with Gasteiger partial charge in [-0.2, -0.15) is 0 Å². The van der Waals surface area contributed by atoms with Crippen molar-refractivity contribution in [2.24, 2.45) is 5.73 Å². The van der Waals surface area contributed by atoms with Gasteiger partial charge in [0, 0.05) is 0 Å². The van der Waals surface area contributed by atoms with Crippen molar-refractivity contribution in [3.05, 3.63) is 22.6 Å². The van der Waals surface area contributed by atoms with Crippen molar-refractivity contribution in [1.82, 2.24) is 4.90 Å². The number of likely N-dealkylation sites (tertiary alicyclic amines) is 1. The summed E-state index contributed by atoms with van der Waals surface area (Å²) in [5, 5.41) is 0.660. The molecule has 1 aromatic rings. The number of nitrogens with two attached hydrogens (primary N) is 1. The summed E-state index contributed by atoms with van der Waals surface area (Å²) in [6.45, 7) is 3.56. The molecule has 1 aliphatic heterocycles. The maximum Gasteiger partial charge on any atom is 0.136 e. The van der Waals surface area contributed by atoms with E-state index in [2.05, 4.69) is 4.90 Å². The average Bonchev–Trinajstić information content (AvgIpc) is 2.50. The zero-order valence-electron chi connectivity index (χ0n) is 9.54. The Bertz CT molecular complexity index is 330. The highest BCUT2D eigenvalue weighted by molar-refractivity contribution is 6.31. The van der Waals surface area contributed by atoms with Crippen LogP contribution in [-0.4, -0.2) is 18.0 Å². The van der Waals surface area contributed by atoms with E-state index in [1.807, 2.05) is 6.07 Å². The van der Waals surface area contributed by atoms with Crippen LogP contribution in [0.3, 0.4) is 0 Å². The minimum Gasteiger partial charge on any atom is -0.462 e. The van der Waals surface area contributed by atoms with Crippen molar-refractivity contribution in [3.8, 4) is 0 Å². The molecule has 0 unspecified atom stereocenters. The van der Waals surface area contributed by atoms with E-state index >= 15 is 0 Å². The zero-order valence-corrected chi connectivity index (χ0v) is 10.3. The van der Waals surface area contributed by atoms with Crippen molar-refractivity contribution >= 4 is 11.6 Å². The lowest BCUT2D eigenvalue weighted by atomic mass is 10.2. The Morgan fingerprint density at radius 3 is 2.50 bits per heavy atom. The highest BCUT2D eigenvalue weighted by Crippen LogP contribution is 2.22. The Morgan fingerprint density at radius 2 is 1.94 bits per heavy atom. The van der Waals surface area contributed by atoms with Crippen LogP contribution >= 0.6 is 11.6 Å². The molecule has 2 N–H and O–H groups in total. The Morgan fingerprint density at radius 1 is 1.25 bits per heavy atom. The maximum absolute atomic E-state index is 6.00. The van der Waals surface area contributed by atoms with Gasteiger partial charge in [-0.15, -0.1) is 0 Å². The third-order valence-electron chi connectivity index (χ3n) is 3.07. The molecular formula is C12H19ClN2O. The van der Waals surface area contributed by atoms with E-state index in [-0.39, 0.29) is 0 Å². The number of hydrogen-bond donors (Lipinski definition) is 1. The molecule has 2 rings (SSSR count). The Labute approximate surface area is 102 Å². The molecule has 0 radical (unpaired) electrons. The monoisotopic (exact) mass is 242 g/mol. The number of halogens is 1. The molecule has 0 saturated carbocycles. The van der Waals surface area contributed by atoms with Gasteiger partial charge in [0.1, 0.15) is 11.5 Å². The van der Waals surface area contributed by atoms with Gasteiger partial charge in [0.25, 0.3) is 0 Å². The summed E-state index contributed by atoms with van der Waals surface area (Å²) < 4.78 is 5.61. The molecule has 1 saturated heterocycles. The molecule has 0 amide bonds. The molecule has 0 atom stereocenters. The highest BCUT2D eigenvalue weighted by Gasteiger charge is 2.13. The third-order valence-corrected chi connectivity index (χ3v) is 3.39. The number of furan rings is 1. The fourth-order valence-corrected chi connectivity index (χ4v) is 2.43. The van der Waals surface area contributed by atoms with Gasteiger partial charge in [0.05, 0.1) is 18.1 Å². The highest BCUT2D eigenvalue weighted by atomic mass is 35.5. The first kappa shape index (κ1) is 12.0. The van der Waals surface area contributed by atoms with Crippen LogP contribution in [0.2, 0.25) is 5.02 Å². The topological polar surface area (TPSA) is 42.4 Å². The molecule has 4 heteroatoms. The van der Waals surface area contributed by atoms with Gasteiger partial charge in [0.15, 0.2) is 0 Å². The minimum absolute atomic E-state index is 0.374. The summed E-state index contributed by atoms with van der Waals surface area (Å²) in [5.41, 5.74) is 5.53. The van der Waals surface area contributed by atoms with Crippen molar-refractivity contribution in [2.75, 3.05) is 13.1 Å². The summed E-state index contributed by atoms with van der Waals surface area (Å²) in [7, 11) is 0. The van der Waals surface area contributed by atoms with Gasteiger partial charge in [-0.1, -0.05) is 24.4 Å². The maximum atomic E-state index is 6.00. The van der Waals surface area contributed by atoms with Crippen molar-refractivity contribution < 1.29 is 4.42 Å². The lowest BCUT2D eigenvalue weighted by molar-refractivity contribution is 0.250. The minimum atomic E-state index is 0.374. The lowest BCUT2D eigenvalue weighted by Gasteiger charge is -2.17. The van der Waals surface area contributed by atoms with E-state index in [1.165, 1.54) is 25.7 Å². The van der Waals surface area contributed by atoms with Crippen LogP contribution in [0.5, 0.6) is 0 Å². The Hall–Kier alpha value is -0.510. The van der Waals surface area contributed by atoms with E-state index in [4.69, 9.17) is 21.8 Å². The van der Waals surface area contributed by atoms with E-state index in [9.17, 15) is 0 Å². The molecular weight excluding hydrogens is 224 g/mol. The SMILES string of the molecule is NCc1oc(CN2CCCCCC2)cc1Cl. The van der Waals surface area contributed by atoms with Crippen LogP contribution < -0.4 is 5.73 Å². The van der Waals surface area contributed by atoms with Gasteiger partial charge in [-0.25, -0.2) is 0 Å². The lowest BCUT2D eigenvalue weighted by Crippen LogP contribution is -2.23. The van der Waals surface area contributed by atoms with E-state index in [0.717, 1.165) is 25.4 Å². The number of rotatable bonds is 3. The number of nitrogens with zero attached hydrogens (tertiary/aromatic N) is 1. The summed E-state index contributed by atoms with van der Waals surface area (Å²) >= 11 is 6.00. The molecule has 3 nitrogen and oxygen atoms in total. The normalized spacial score (nSPS) is 18.6. The van der Waals surface area contributed by atoms with Crippen LogP contribution in [0, 0.1) is 0 Å². The predicted molar refractivity (Wildman–Crippen MR) is 65.4 cm³/mol. The van der Waals surface area contributed by atoms with E-state index < -0.39 is 0 Å². The summed E-state index contributed by atoms with van der Waals surface area (Å²) in [6.07, 6.45) is 5.28. The quantitative estimate of drug-likeness (QED) is 0.886. The van der Waals surface area contributed by atoms with Crippen molar-refractivity contribution in [1.29, 1.82) is 0 Å². The number of hydrogen-bond acceptors (Lipinski definition) is 3. The van der Waals surface area contributed by atoms with Crippen molar-refractivity contribution in [3.63, 3.8) is 0 Å². The predicted octanol–water partition coefficient (Wildman–Crippen LogP) is 2.77. The molecule has 90 valence electrons. The molecule has 1 aromatic heterocycles. The second-order valence-electron chi connectivity index (χ2n) is 4.38. The fraction of sp³-hybridized carbons (Fsp3) is 0.667. The third kappa shape index (κ3) is 3.00. The summed E-state index contributed by atoms with van der Waals surface area (Å²) in [5.74, 6) is 1.64. The average molecular weight is 243 g/mol. The van der Waals surface area contributed by atoms with E-state index in [1.54, 1.807) is 0 Å². The summed E-state index contributed by atoms with van der Waals surface area (Å²) in [4.78, 5) is 2.43. The first-order chi connectivity index (χ1) is 7.79. The first-order valence-corrected chi connectivity index (χ1v) is 6.37. The molecule has 0 spiro atoms. The van der Waals surface area contributed by atoms with Crippen molar-refractivity contribution in [2.45, 2.75) is 38.8 Å². The molecule has 2 heterocycles.